The van der Waals surface area contributed by atoms with Crippen LogP contribution < -0.4 is 5.49 Å². The van der Waals surface area contributed by atoms with Gasteiger partial charge in [-0.05, 0) is 76.1 Å². The maximum Gasteiger partial charge on any atom is 0.222 e. The van der Waals surface area contributed by atoms with E-state index in [9.17, 15) is 4.79 Å². The highest BCUT2D eigenvalue weighted by molar-refractivity contribution is 5.77. The van der Waals surface area contributed by atoms with Crippen molar-refractivity contribution in [3.05, 3.63) is 70.0 Å². The van der Waals surface area contributed by atoms with Crippen LogP contribution >= 0.6 is 0 Å². The highest BCUT2D eigenvalue weighted by Crippen LogP contribution is 2.23. The summed E-state index contributed by atoms with van der Waals surface area (Å²) in [5.41, 5.74) is 5.64. The Bertz CT molecular complexity index is 1290. The lowest BCUT2D eigenvalue weighted by Gasteiger charge is -2.17. The number of rotatable bonds is 6. The number of hydrogen-bond acceptors (Lipinski definition) is 5. The molecule has 0 bridgehead atoms. The van der Waals surface area contributed by atoms with Crippen LogP contribution in [0.3, 0.4) is 0 Å². The van der Waals surface area contributed by atoms with Gasteiger partial charge in [0.1, 0.15) is 11.3 Å². The maximum atomic E-state index is 13.0. The van der Waals surface area contributed by atoms with Crippen molar-refractivity contribution in [2.45, 2.75) is 53.4 Å². The van der Waals surface area contributed by atoms with Gasteiger partial charge in [-0.25, -0.2) is 9.36 Å². The van der Waals surface area contributed by atoms with Gasteiger partial charge in [0.15, 0.2) is 5.82 Å². The third kappa shape index (κ3) is 5.00. The number of amides is 1. The fraction of sp³-hybridized carbons (Fsp3) is 0.423. The normalized spacial score (nSPS) is 15.6. The molecule has 1 aliphatic heterocycles. The Kier molecular flexibility index (Phi) is 6.77. The molecule has 2 N–H and O–H groups in total. The summed E-state index contributed by atoms with van der Waals surface area (Å²) >= 11 is 0. The number of likely N-dealkylation sites (tertiary alicyclic amines) is 1. The summed E-state index contributed by atoms with van der Waals surface area (Å²) < 4.78 is 3.01. The van der Waals surface area contributed by atoms with Crippen molar-refractivity contribution in [3.63, 3.8) is 0 Å². The lowest BCUT2D eigenvalue weighted by Crippen LogP contribution is -2.29. The van der Waals surface area contributed by atoms with Crippen LogP contribution in [0.1, 0.15) is 47.8 Å². The number of aryl methyl sites for hydroxylation is 2. The zero-order valence-corrected chi connectivity index (χ0v) is 20.4. The summed E-state index contributed by atoms with van der Waals surface area (Å²) in [6.45, 7) is 9.30. The summed E-state index contributed by atoms with van der Waals surface area (Å²) in [5.74, 6) is 1.45. The van der Waals surface area contributed by atoms with Crippen LogP contribution in [0.4, 0.5) is 0 Å². The second-order valence-corrected chi connectivity index (χ2v) is 9.32. The number of hydrogen-bond donors (Lipinski definition) is 2. The minimum absolute atomic E-state index is 0.148. The number of aromatic nitrogens is 4. The maximum absolute atomic E-state index is 13.0. The van der Waals surface area contributed by atoms with E-state index >= 15 is 0 Å². The quantitative estimate of drug-likeness (QED) is 0.436. The minimum Gasteiger partial charge on any atom is -0.342 e. The van der Waals surface area contributed by atoms with Gasteiger partial charge in [0.05, 0.1) is 5.69 Å². The molecule has 4 rings (SSSR count). The van der Waals surface area contributed by atoms with E-state index in [-0.39, 0.29) is 17.2 Å². The zero-order chi connectivity index (χ0) is 24.4. The Morgan fingerprint density at radius 2 is 1.94 bits per heavy atom. The van der Waals surface area contributed by atoms with Crippen molar-refractivity contribution in [1.29, 1.82) is 10.8 Å². The molecular weight excluding hydrogens is 426 g/mol. The fourth-order valence-electron chi connectivity index (χ4n) is 4.83. The van der Waals surface area contributed by atoms with Crippen LogP contribution in [-0.4, -0.2) is 49.3 Å². The molecule has 178 valence electrons. The SMILES string of the molecule is CC(=N)n1nc(-n2nc(C)c(CCC(=O)N3CCC(Cc4cccc(C)c4)C3)c2C)ccc1=N. The van der Waals surface area contributed by atoms with Crippen molar-refractivity contribution in [2.75, 3.05) is 13.1 Å². The molecule has 1 amide bonds. The monoisotopic (exact) mass is 459 g/mol. The van der Waals surface area contributed by atoms with E-state index in [2.05, 4.69) is 41.4 Å². The Balaban J connectivity index is 1.40. The molecule has 1 saturated heterocycles. The first-order valence-electron chi connectivity index (χ1n) is 11.8. The number of benzene rings is 1. The molecule has 1 aliphatic rings. The number of carbonyl (C=O) groups excluding carboxylic acids is 1. The van der Waals surface area contributed by atoms with Gasteiger partial charge in [-0.2, -0.15) is 5.10 Å². The van der Waals surface area contributed by atoms with Gasteiger partial charge in [-0.3, -0.25) is 15.6 Å². The Labute approximate surface area is 200 Å². The van der Waals surface area contributed by atoms with Gasteiger partial charge < -0.3 is 4.90 Å². The lowest BCUT2D eigenvalue weighted by molar-refractivity contribution is -0.130. The molecule has 3 aromatic rings. The van der Waals surface area contributed by atoms with Crippen molar-refractivity contribution < 1.29 is 4.79 Å². The Hall–Kier alpha value is -3.55. The van der Waals surface area contributed by atoms with E-state index in [0.717, 1.165) is 42.9 Å². The Morgan fingerprint density at radius 3 is 2.68 bits per heavy atom. The topological polar surface area (TPSA) is 104 Å². The van der Waals surface area contributed by atoms with Crippen LogP contribution in [0.25, 0.3) is 5.82 Å². The molecule has 34 heavy (non-hydrogen) atoms. The molecule has 0 saturated carbocycles. The molecule has 2 aromatic heterocycles. The van der Waals surface area contributed by atoms with Gasteiger partial charge in [0.25, 0.3) is 0 Å². The highest BCUT2D eigenvalue weighted by atomic mass is 16.2. The molecule has 1 aromatic carbocycles. The summed E-state index contributed by atoms with van der Waals surface area (Å²) in [5, 5.41) is 24.8. The molecule has 3 heterocycles. The van der Waals surface area contributed by atoms with Crippen LogP contribution in [0.5, 0.6) is 0 Å². The third-order valence-corrected chi connectivity index (χ3v) is 6.63. The van der Waals surface area contributed by atoms with Gasteiger partial charge >= 0.3 is 0 Å². The second-order valence-electron chi connectivity index (χ2n) is 9.32. The van der Waals surface area contributed by atoms with Crippen LogP contribution in [-0.2, 0) is 17.6 Å². The highest BCUT2D eigenvalue weighted by Gasteiger charge is 2.26. The molecular formula is C26H33N7O. The smallest absolute Gasteiger partial charge is 0.222 e. The van der Waals surface area contributed by atoms with Gasteiger partial charge in [-0.15, -0.1) is 5.10 Å². The van der Waals surface area contributed by atoms with Crippen molar-refractivity contribution >= 4 is 11.7 Å². The van der Waals surface area contributed by atoms with Crippen molar-refractivity contribution in [3.8, 4) is 5.82 Å². The number of nitrogens with one attached hydrogen (secondary N) is 2. The zero-order valence-electron chi connectivity index (χ0n) is 20.4. The van der Waals surface area contributed by atoms with Crippen LogP contribution in [0.15, 0.2) is 36.4 Å². The van der Waals surface area contributed by atoms with Crippen molar-refractivity contribution in [2.24, 2.45) is 5.92 Å². The molecule has 0 radical (unpaired) electrons. The average molecular weight is 460 g/mol. The summed E-state index contributed by atoms with van der Waals surface area (Å²) in [6, 6.07) is 12.0. The summed E-state index contributed by atoms with van der Waals surface area (Å²) in [6.07, 6.45) is 3.18. The first kappa shape index (κ1) is 23.6. The van der Waals surface area contributed by atoms with Gasteiger partial charge in [-0.1, -0.05) is 29.8 Å². The first-order chi connectivity index (χ1) is 16.2. The first-order valence-corrected chi connectivity index (χ1v) is 11.8. The van der Waals surface area contributed by atoms with E-state index in [1.165, 1.54) is 15.8 Å². The Morgan fingerprint density at radius 1 is 1.15 bits per heavy atom. The van der Waals surface area contributed by atoms with Crippen molar-refractivity contribution in [1.82, 2.24) is 24.5 Å². The van der Waals surface area contributed by atoms with Crippen LogP contribution in [0.2, 0.25) is 0 Å². The molecule has 0 aliphatic carbocycles. The predicted octanol–water partition coefficient (Wildman–Crippen LogP) is 3.34. The lowest BCUT2D eigenvalue weighted by atomic mass is 9.98. The van der Waals surface area contributed by atoms with Gasteiger partial charge in [0, 0.05) is 25.2 Å². The predicted molar refractivity (Wildman–Crippen MR) is 131 cm³/mol. The molecule has 1 atom stereocenters. The summed E-state index contributed by atoms with van der Waals surface area (Å²) in [7, 11) is 0. The van der Waals surface area contributed by atoms with E-state index in [0.29, 0.717) is 24.6 Å². The van der Waals surface area contributed by atoms with E-state index in [1.807, 2.05) is 18.7 Å². The fourth-order valence-corrected chi connectivity index (χ4v) is 4.83. The molecule has 0 spiro atoms. The van der Waals surface area contributed by atoms with E-state index in [1.54, 1.807) is 23.7 Å². The minimum atomic E-state index is 0.148. The largest absolute Gasteiger partial charge is 0.342 e. The third-order valence-electron chi connectivity index (χ3n) is 6.63. The molecule has 1 unspecified atom stereocenters. The van der Waals surface area contributed by atoms with E-state index in [4.69, 9.17) is 10.8 Å². The van der Waals surface area contributed by atoms with E-state index < -0.39 is 0 Å². The summed E-state index contributed by atoms with van der Waals surface area (Å²) in [4.78, 5) is 15.0. The molecule has 1 fully saturated rings. The average Bonchev–Trinajstić information content (AvgIpc) is 3.36. The van der Waals surface area contributed by atoms with Crippen LogP contribution in [0, 0.1) is 37.5 Å². The van der Waals surface area contributed by atoms with Gasteiger partial charge in [0.2, 0.25) is 5.91 Å². The second kappa shape index (κ2) is 9.75. The molecule has 8 heteroatoms. The number of carbonyl (C=O) groups is 1. The molecule has 8 nitrogen and oxygen atoms in total. The standard InChI is InChI=1S/C26H33N7O/c1-17-6-5-7-21(14-17)15-22-12-13-31(16-22)26(34)11-8-23-18(2)29-32(19(23)3)25-10-9-24(28)33(30-25)20(4)27/h5-7,9-10,14,22,27-28H,8,11-13,15-16H2,1-4H3. The number of nitrogens with zero attached hydrogens (tertiary/aromatic N) is 5.